The predicted octanol–water partition coefficient (Wildman–Crippen LogP) is 0.958. The lowest BCUT2D eigenvalue weighted by atomic mass is 10.1. The SMILES string of the molecule is O=C(c1csnn1)N1CCC(S(=O)(=O)N2CCCCC2)CC1. The lowest BCUT2D eigenvalue weighted by Gasteiger charge is -2.35. The second kappa shape index (κ2) is 6.59. The molecule has 0 atom stereocenters. The fourth-order valence-electron chi connectivity index (χ4n) is 3.11. The van der Waals surface area contributed by atoms with Gasteiger partial charge < -0.3 is 4.90 Å². The van der Waals surface area contributed by atoms with Crippen molar-refractivity contribution < 1.29 is 13.2 Å². The maximum Gasteiger partial charge on any atom is 0.275 e. The molecule has 1 aromatic rings. The molecule has 2 fully saturated rings. The quantitative estimate of drug-likeness (QED) is 0.815. The molecule has 2 aliphatic heterocycles. The van der Waals surface area contributed by atoms with Gasteiger partial charge in [-0.1, -0.05) is 10.9 Å². The van der Waals surface area contributed by atoms with Crippen molar-refractivity contribution in [1.29, 1.82) is 0 Å². The van der Waals surface area contributed by atoms with Crippen LogP contribution in [0.25, 0.3) is 0 Å². The molecule has 122 valence electrons. The summed E-state index contributed by atoms with van der Waals surface area (Å²) in [5, 5.41) is 5.05. The number of nitrogens with zero attached hydrogens (tertiary/aromatic N) is 4. The van der Waals surface area contributed by atoms with Gasteiger partial charge in [-0.3, -0.25) is 4.79 Å². The van der Waals surface area contributed by atoms with Gasteiger partial charge in [0.1, 0.15) is 0 Å². The standard InChI is InChI=1S/C13H20N4O3S2/c18-13(12-10-21-15-14-12)16-8-4-11(5-9-16)22(19,20)17-6-2-1-3-7-17/h10-11H,1-9H2. The highest BCUT2D eigenvalue weighted by Gasteiger charge is 2.36. The fraction of sp³-hybridized carbons (Fsp3) is 0.769. The minimum absolute atomic E-state index is 0.150. The number of hydrogen-bond donors (Lipinski definition) is 0. The van der Waals surface area contributed by atoms with Gasteiger partial charge in [-0.15, -0.1) is 5.10 Å². The zero-order chi connectivity index (χ0) is 15.6. The number of amides is 1. The fourth-order valence-corrected chi connectivity index (χ4v) is 5.53. The van der Waals surface area contributed by atoms with Crippen molar-refractivity contribution >= 4 is 27.5 Å². The van der Waals surface area contributed by atoms with Gasteiger partial charge in [-0.25, -0.2) is 12.7 Å². The Morgan fingerprint density at radius 3 is 2.41 bits per heavy atom. The van der Waals surface area contributed by atoms with E-state index in [1.807, 2.05) is 0 Å². The summed E-state index contributed by atoms with van der Waals surface area (Å²) in [6, 6.07) is 0. The van der Waals surface area contributed by atoms with Crippen LogP contribution in [0.2, 0.25) is 0 Å². The van der Waals surface area contributed by atoms with Gasteiger partial charge in [0.05, 0.1) is 5.25 Å². The first-order valence-corrected chi connectivity index (χ1v) is 9.98. The summed E-state index contributed by atoms with van der Waals surface area (Å²) in [4.78, 5) is 13.9. The van der Waals surface area contributed by atoms with Crippen LogP contribution in [0.5, 0.6) is 0 Å². The molecule has 0 saturated carbocycles. The number of sulfonamides is 1. The highest BCUT2D eigenvalue weighted by molar-refractivity contribution is 7.89. The number of carbonyl (C=O) groups is 1. The molecule has 9 heteroatoms. The van der Waals surface area contributed by atoms with Crippen LogP contribution >= 0.6 is 11.5 Å². The van der Waals surface area contributed by atoms with E-state index in [1.54, 1.807) is 14.6 Å². The Bertz CT molecular complexity index is 603. The molecule has 0 aliphatic carbocycles. The Morgan fingerprint density at radius 1 is 1.14 bits per heavy atom. The average Bonchev–Trinajstić information content (AvgIpc) is 3.09. The van der Waals surface area contributed by atoms with Gasteiger partial charge in [-0.05, 0) is 37.2 Å². The van der Waals surface area contributed by atoms with Crippen LogP contribution in [0, 0.1) is 0 Å². The Labute approximate surface area is 134 Å². The Kier molecular flexibility index (Phi) is 4.74. The smallest absolute Gasteiger partial charge is 0.275 e. The minimum Gasteiger partial charge on any atom is -0.337 e. The zero-order valence-electron chi connectivity index (χ0n) is 12.3. The molecule has 22 heavy (non-hydrogen) atoms. The number of hydrogen-bond acceptors (Lipinski definition) is 6. The molecule has 1 amide bonds. The summed E-state index contributed by atoms with van der Waals surface area (Å²) in [5.74, 6) is -0.150. The number of piperidine rings is 2. The van der Waals surface area contributed by atoms with Crippen molar-refractivity contribution in [3.05, 3.63) is 11.1 Å². The molecular weight excluding hydrogens is 324 g/mol. The van der Waals surface area contributed by atoms with Crippen LogP contribution < -0.4 is 0 Å². The first kappa shape index (κ1) is 15.8. The van der Waals surface area contributed by atoms with Crippen molar-refractivity contribution in [2.75, 3.05) is 26.2 Å². The van der Waals surface area contributed by atoms with Crippen LogP contribution in [0.4, 0.5) is 0 Å². The molecule has 3 heterocycles. The molecule has 0 bridgehead atoms. The minimum atomic E-state index is -3.22. The number of carbonyl (C=O) groups excluding carboxylic acids is 1. The number of aromatic nitrogens is 2. The van der Waals surface area contributed by atoms with Crippen molar-refractivity contribution in [3.63, 3.8) is 0 Å². The van der Waals surface area contributed by atoms with Crippen LogP contribution in [-0.4, -0.2) is 64.5 Å². The predicted molar refractivity (Wildman–Crippen MR) is 83.2 cm³/mol. The van der Waals surface area contributed by atoms with Gasteiger partial charge in [0.25, 0.3) is 5.91 Å². The Balaban J connectivity index is 1.60. The average molecular weight is 344 g/mol. The van der Waals surface area contributed by atoms with E-state index in [0.29, 0.717) is 44.7 Å². The largest absolute Gasteiger partial charge is 0.337 e. The van der Waals surface area contributed by atoms with Crippen LogP contribution in [0.1, 0.15) is 42.6 Å². The lowest BCUT2D eigenvalue weighted by Crippen LogP contribution is -2.48. The molecule has 7 nitrogen and oxygen atoms in total. The molecule has 0 spiro atoms. The molecular formula is C13H20N4O3S2. The summed E-state index contributed by atoms with van der Waals surface area (Å²) >= 11 is 1.14. The third-order valence-electron chi connectivity index (χ3n) is 4.40. The van der Waals surface area contributed by atoms with E-state index in [4.69, 9.17) is 0 Å². The third-order valence-corrected chi connectivity index (χ3v) is 7.31. The summed E-state index contributed by atoms with van der Waals surface area (Å²) in [7, 11) is -3.22. The summed E-state index contributed by atoms with van der Waals surface area (Å²) < 4.78 is 30.6. The molecule has 1 aromatic heterocycles. The number of rotatable bonds is 3. The van der Waals surface area contributed by atoms with Crippen molar-refractivity contribution in [3.8, 4) is 0 Å². The Hall–Kier alpha value is -1.06. The summed E-state index contributed by atoms with van der Waals surface area (Å²) in [6.07, 6.45) is 4.02. The first-order valence-electron chi connectivity index (χ1n) is 7.64. The van der Waals surface area contributed by atoms with Crippen molar-refractivity contribution in [2.24, 2.45) is 0 Å². The van der Waals surface area contributed by atoms with Crippen LogP contribution in [0.3, 0.4) is 0 Å². The van der Waals surface area contributed by atoms with E-state index in [2.05, 4.69) is 9.59 Å². The topological polar surface area (TPSA) is 83.5 Å². The molecule has 2 saturated heterocycles. The normalized spacial score (nSPS) is 21.9. The van der Waals surface area contributed by atoms with Crippen LogP contribution in [-0.2, 0) is 10.0 Å². The molecule has 0 N–H and O–H groups in total. The first-order chi connectivity index (χ1) is 10.6. The highest BCUT2D eigenvalue weighted by atomic mass is 32.2. The molecule has 3 rings (SSSR count). The van der Waals surface area contributed by atoms with Gasteiger partial charge in [0.15, 0.2) is 5.69 Å². The van der Waals surface area contributed by atoms with Crippen molar-refractivity contribution in [1.82, 2.24) is 18.8 Å². The molecule has 0 aromatic carbocycles. The second-order valence-electron chi connectivity index (χ2n) is 5.79. The third kappa shape index (κ3) is 3.16. The van der Waals surface area contributed by atoms with E-state index in [-0.39, 0.29) is 11.2 Å². The molecule has 2 aliphatic rings. The second-order valence-corrected chi connectivity index (χ2v) is 8.61. The van der Waals surface area contributed by atoms with Crippen LogP contribution in [0.15, 0.2) is 5.38 Å². The monoisotopic (exact) mass is 344 g/mol. The van der Waals surface area contributed by atoms with E-state index in [9.17, 15) is 13.2 Å². The zero-order valence-corrected chi connectivity index (χ0v) is 14.0. The van der Waals surface area contributed by atoms with Gasteiger partial charge in [-0.2, -0.15) is 0 Å². The van der Waals surface area contributed by atoms with E-state index < -0.39 is 10.0 Å². The summed E-state index contributed by atoms with van der Waals surface area (Å²) in [5.41, 5.74) is 0.349. The maximum absolute atomic E-state index is 12.6. The maximum atomic E-state index is 12.6. The Morgan fingerprint density at radius 2 is 1.82 bits per heavy atom. The van der Waals surface area contributed by atoms with Gasteiger partial charge in [0.2, 0.25) is 10.0 Å². The highest BCUT2D eigenvalue weighted by Crippen LogP contribution is 2.24. The van der Waals surface area contributed by atoms with E-state index in [1.165, 1.54) is 0 Å². The molecule has 0 radical (unpaired) electrons. The summed E-state index contributed by atoms with van der Waals surface area (Å²) in [6.45, 7) is 2.22. The molecule has 0 unspecified atom stereocenters. The van der Waals surface area contributed by atoms with E-state index in [0.717, 1.165) is 30.8 Å². The van der Waals surface area contributed by atoms with Gasteiger partial charge >= 0.3 is 0 Å². The van der Waals surface area contributed by atoms with Gasteiger partial charge in [0, 0.05) is 31.6 Å². The van der Waals surface area contributed by atoms with Crippen molar-refractivity contribution in [2.45, 2.75) is 37.4 Å². The van der Waals surface area contributed by atoms with E-state index >= 15 is 0 Å². The lowest BCUT2D eigenvalue weighted by molar-refractivity contribution is 0.0718. The number of likely N-dealkylation sites (tertiary alicyclic amines) is 1.